The second-order valence-electron chi connectivity index (χ2n) is 4.07. The van der Waals surface area contributed by atoms with Crippen LogP contribution in [0.2, 0.25) is 0 Å². The van der Waals surface area contributed by atoms with Crippen LogP contribution in [0, 0.1) is 5.92 Å². The van der Waals surface area contributed by atoms with Gasteiger partial charge in [-0.1, -0.05) is 25.6 Å². The van der Waals surface area contributed by atoms with E-state index in [1.807, 2.05) is 6.92 Å². The molecule has 0 aromatic rings. The predicted octanol–water partition coefficient (Wildman–Crippen LogP) is 2.55. The normalized spacial score (nSPS) is 21.4. The first-order valence-electron chi connectivity index (χ1n) is 5.74. The molecule has 0 radical (unpaired) electrons. The van der Waals surface area contributed by atoms with E-state index in [0.29, 0.717) is 6.54 Å². The highest BCUT2D eigenvalue weighted by Crippen LogP contribution is 2.30. The van der Waals surface area contributed by atoms with E-state index < -0.39 is 5.97 Å². The van der Waals surface area contributed by atoms with Crippen molar-refractivity contribution in [2.45, 2.75) is 32.8 Å². The molecule has 4 nitrogen and oxygen atoms in total. The van der Waals surface area contributed by atoms with E-state index in [2.05, 4.69) is 18.0 Å². The Kier molecular flexibility index (Phi) is 5.71. The van der Waals surface area contributed by atoms with Crippen LogP contribution in [0.1, 0.15) is 26.7 Å². The zero-order valence-corrected chi connectivity index (χ0v) is 11.3. The highest BCUT2D eigenvalue weighted by Gasteiger charge is 2.21. The molecule has 0 aromatic carbocycles. The van der Waals surface area contributed by atoms with E-state index in [1.165, 1.54) is 0 Å². The highest BCUT2D eigenvalue weighted by atomic mass is 32.2. The number of aliphatic imine (C=N–C) groups is 1. The lowest BCUT2D eigenvalue weighted by Crippen LogP contribution is -2.11. The van der Waals surface area contributed by atoms with E-state index in [1.54, 1.807) is 18.9 Å². The van der Waals surface area contributed by atoms with Gasteiger partial charge in [0.25, 0.3) is 0 Å². The molecule has 0 spiro atoms. The van der Waals surface area contributed by atoms with Crippen molar-refractivity contribution < 1.29 is 14.6 Å². The number of rotatable bonds is 6. The number of carbonyl (C=O) groups is 1. The second-order valence-corrected chi connectivity index (χ2v) is 5.22. The van der Waals surface area contributed by atoms with Gasteiger partial charge in [-0.2, -0.15) is 0 Å². The van der Waals surface area contributed by atoms with E-state index in [0.717, 1.165) is 16.4 Å². The van der Waals surface area contributed by atoms with Gasteiger partial charge in [0.15, 0.2) is 0 Å². The molecule has 1 heterocycles. The Hall–Kier alpha value is -0.810. The Bertz CT molecular complexity index is 335. The standard InChI is InChI=1S/C12H19NO3S/c1-4-9(16-3)6-10-7-13-12(17-10)8(2)5-11(14)15/h6,8-9H,4-5,7H2,1-3H3,(H,14,15)/b10-6+. The van der Waals surface area contributed by atoms with Crippen LogP contribution in [-0.4, -0.2) is 35.9 Å². The summed E-state index contributed by atoms with van der Waals surface area (Å²) in [6, 6.07) is 0. The van der Waals surface area contributed by atoms with Crippen LogP contribution in [0.4, 0.5) is 0 Å². The topological polar surface area (TPSA) is 58.9 Å². The molecule has 0 fully saturated rings. The smallest absolute Gasteiger partial charge is 0.304 e. The van der Waals surface area contributed by atoms with Crippen LogP contribution in [-0.2, 0) is 9.53 Å². The van der Waals surface area contributed by atoms with Crippen LogP contribution in [0.25, 0.3) is 0 Å². The maximum atomic E-state index is 10.6. The molecule has 1 aliphatic rings. The number of thioether (sulfide) groups is 1. The molecule has 5 heteroatoms. The Morgan fingerprint density at radius 1 is 1.71 bits per heavy atom. The van der Waals surface area contributed by atoms with Gasteiger partial charge in [-0.05, 0) is 12.5 Å². The molecule has 0 bridgehead atoms. The number of carboxylic acid groups (broad SMARTS) is 1. The van der Waals surface area contributed by atoms with E-state index >= 15 is 0 Å². The third-order valence-corrected chi connectivity index (χ3v) is 3.87. The van der Waals surface area contributed by atoms with Crippen molar-refractivity contribution in [3.63, 3.8) is 0 Å². The third kappa shape index (κ3) is 4.52. The Balaban J connectivity index is 2.53. The number of nitrogens with zero attached hydrogens (tertiary/aromatic N) is 1. The Labute approximate surface area is 106 Å². The van der Waals surface area contributed by atoms with Gasteiger partial charge in [-0.15, -0.1) is 0 Å². The highest BCUT2D eigenvalue weighted by molar-refractivity contribution is 8.17. The number of hydrogen-bond acceptors (Lipinski definition) is 4. The van der Waals surface area contributed by atoms with Gasteiger partial charge in [-0.3, -0.25) is 9.79 Å². The molecule has 0 amide bonds. The number of carboxylic acids is 1. The number of aliphatic carboxylic acids is 1. The summed E-state index contributed by atoms with van der Waals surface area (Å²) in [4.78, 5) is 16.2. The first-order chi connectivity index (χ1) is 8.06. The van der Waals surface area contributed by atoms with E-state index in [4.69, 9.17) is 9.84 Å². The summed E-state index contributed by atoms with van der Waals surface area (Å²) in [5, 5.41) is 9.65. The number of hydrogen-bond donors (Lipinski definition) is 1. The lowest BCUT2D eigenvalue weighted by molar-refractivity contribution is -0.137. The molecular formula is C12H19NO3S. The van der Waals surface area contributed by atoms with Crippen LogP contribution < -0.4 is 0 Å². The number of ether oxygens (including phenoxy) is 1. The second kappa shape index (κ2) is 6.81. The monoisotopic (exact) mass is 257 g/mol. The van der Waals surface area contributed by atoms with Crippen molar-refractivity contribution in [2.24, 2.45) is 10.9 Å². The fourth-order valence-electron chi connectivity index (χ4n) is 1.61. The zero-order chi connectivity index (χ0) is 12.8. The minimum absolute atomic E-state index is 0.00831. The molecule has 2 atom stereocenters. The summed E-state index contributed by atoms with van der Waals surface area (Å²) in [5.74, 6) is -0.785. The lowest BCUT2D eigenvalue weighted by Gasteiger charge is -2.09. The van der Waals surface area contributed by atoms with Gasteiger partial charge in [0.1, 0.15) is 0 Å². The molecule has 17 heavy (non-hydrogen) atoms. The van der Waals surface area contributed by atoms with Crippen LogP contribution in [0.15, 0.2) is 16.0 Å². The van der Waals surface area contributed by atoms with Crippen molar-refractivity contribution in [1.82, 2.24) is 0 Å². The summed E-state index contributed by atoms with van der Waals surface area (Å²) in [5.41, 5.74) is 0. The Morgan fingerprint density at radius 3 is 2.94 bits per heavy atom. The average Bonchev–Trinajstić information content (AvgIpc) is 2.73. The first-order valence-corrected chi connectivity index (χ1v) is 6.56. The van der Waals surface area contributed by atoms with Gasteiger partial charge in [0.2, 0.25) is 0 Å². The van der Waals surface area contributed by atoms with E-state index in [-0.39, 0.29) is 18.4 Å². The van der Waals surface area contributed by atoms with Crippen molar-refractivity contribution in [3.05, 3.63) is 11.0 Å². The fraction of sp³-hybridized carbons (Fsp3) is 0.667. The van der Waals surface area contributed by atoms with Crippen molar-refractivity contribution in [1.29, 1.82) is 0 Å². The summed E-state index contributed by atoms with van der Waals surface area (Å²) in [7, 11) is 1.69. The molecule has 1 N–H and O–H groups in total. The molecular weight excluding hydrogens is 238 g/mol. The van der Waals surface area contributed by atoms with Crippen molar-refractivity contribution in [2.75, 3.05) is 13.7 Å². The van der Waals surface area contributed by atoms with Gasteiger partial charge >= 0.3 is 5.97 Å². The van der Waals surface area contributed by atoms with Gasteiger partial charge < -0.3 is 9.84 Å². The molecule has 1 rings (SSSR count). The minimum atomic E-state index is -0.776. The maximum Gasteiger partial charge on any atom is 0.304 e. The third-order valence-electron chi connectivity index (χ3n) is 2.61. The van der Waals surface area contributed by atoms with Crippen LogP contribution in [0.5, 0.6) is 0 Å². The van der Waals surface area contributed by atoms with Gasteiger partial charge in [0, 0.05) is 17.9 Å². The van der Waals surface area contributed by atoms with Gasteiger partial charge in [-0.25, -0.2) is 0 Å². The maximum absolute atomic E-state index is 10.6. The van der Waals surface area contributed by atoms with Crippen molar-refractivity contribution in [3.8, 4) is 0 Å². The summed E-state index contributed by atoms with van der Waals surface area (Å²) >= 11 is 1.59. The predicted molar refractivity (Wildman–Crippen MR) is 70.5 cm³/mol. The van der Waals surface area contributed by atoms with Crippen molar-refractivity contribution >= 4 is 22.8 Å². The molecule has 1 aliphatic heterocycles. The van der Waals surface area contributed by atoms with Gasteiger partial charge in [0.05, 0.1) is 24.1 Å². The van der Waals surface area contributed by atoms with Crippen LogP contribution in [0.3, 0.4) is 0 Å². The quantitative estimate of drug-likeness (QED) is 0.794. The van der Waals surface area contributed by atoms with Crippen LogP contribution >= 0.6 is 11.8 Å². The fourth-order valence-corrected chi connectivity index (χ4v) is 2.64. The molecule has 2 unspecified atom stereocenters. The zero-order valence-electron chi connectivity index (χ0n) is 10.5. The Morgan fingerprint density at radius 2 is 2.41 bits per heavy atom. The minimum Gasteiger partial charge on any atom is -0.481 e. The summed E-state index contributed by atoms with van der Waals surface area (Å²) in [6.45, 7) is 4.63. The molecule has 0 aliphatic carbocycles. The molecule has 0 saturated heterocycles. The van der Waals surface area contributed by atoms with E-state index in [9.17, 15) is 4.79 Å². The lowest BCUT2D eigenvalue weighted by atomic mass is 10.1. The summed E-state index contributed by atoms with van der Waals surface area (Å²) in [6.07, 6.45) is 3.28. The molecule has 96 valence electrons. The number of methoxy groups -OCH3 is 1. The summed E-state index contributed by atoms with van der Waals surface area (Å²) < 4.78 is 5.29. The molecule has 0 aromatic heterocycles. The average molecular weight is 257 g/mol. The largest absolute Gasteiger partial charge is 0.481 e. The SMILES string of the molecule is CCC(/C=C1\CN=C(C(C)CC(=O)O)S1)OC. The first kappa shape index (κ1) is 14.3. The molecule has 0 saturated carbocycles.